The van der Waals surface area contributed by atoms with E-state index in [1.54, 1.807) is 0 Å². The van der Waals surface area contributed by atoms with Gasteiger partial charge in [-0.25, -0.2) is 0 Å². The average Bonchev–Trinajstić information content (AvgIpc) is 2.98. The maximum atomic E-state index is 3.84. The Bertz CT molecular complexity index is 263. The van der Waals surface area contributed by atoms with Gasteiger partial charge in [0.1, 0.15) is 0 Å². The molecule has 0 saturated heterocycles. The van der Waals surface area contributed by atoms with Crippen molar-refractivity contribution in [3.63, 3.8) is 0 Å². The molecule has 2 nitrogen and oxygen atoms in total. The molecule has 0 radical (unpaired) electrons. The highest BCUT2D eigenvalue weighted by molar-refractivity contribution is 4.80. The van der Waals surface area contributed by atoms with Crippen LogP contribution in [0.2, 0.25) is 0 Å². The zero-order valence-electron chi connectivity index (χ0n) is 14.7. The summed E-state index contributed by atoms with van der Waals surface area (Å²) in [6, 6.07) is 1.69. The molecule has 2 aliphatic rings. The SMILES string of the molecule is CC(C)CCN(CCNC1CCC(C)CC1)C1CCCC1. The van der Waals surface area contributed by atoms with Crippen molar-refractivity contribution in [1.29, 1.82) is 0 Å². The quantitative estimate of drug-likeness (QED) is 0.711. The average molecular weight is 295 g/mol. The molecule has 0 bridgehead atoms. The maximum Gasteiger partial charge on any atom is 0.0110 e. The molecule has 0 spiro atoms. The molecule has 0 aromatic rings. The van der Waals surface area contributed by atoms with E-state index in [9.17, 15) is 0 Å². The minimum atomic E-state index is 0.803. The number of hydrogen-bond acceptors (Lipinski definition) is 2. The third-order valence-corrected chi connectivity index (χ3v) is 5.68. The first-order valence-electron chi connectivity index (χ1n) is 9.62. The molecule has 124 valence electrons. The van der Waals surface area contributed by atoms with E-state index in [4.69, 9.17) is 0 Å². The summed E-state index contributed by atoms with van der Waals surface area (Å²) in [6.07, 6.45) is 12.8. The van der Waals surface area contributed by atoms with E-state index in [1.807, 2.05) is 0 Å². The minimum Gasteiger partial charge on any atom is -0.313 e. The largest absolute Gasteiger partial charge is 0.313 e. The lowest BCUT2D eigenvalue weighted by atomic mass is 9.87. The standard InChI is InChI=1S/C19H38N2/c1-16(2)12-14-21(19-6-4-5-7-19)15-13-20-18-10-8-17(3)9-11-18/h16-20H,4-15H2,1-3H3. The van der Waals surface area contributed by atoms with E-state index in [1.165, 1.54) is 77.4 Å². The van der Waals surface area contributed by atoms with Crippen LogP contribution in [0.3, 0.4) is 0 Å². The lowest BCUT2D eigenvalue weighted by molar-refractivity contribution is 0.183. The van der Waals surface area contributed by atoms with E-state index >= 15 is 0 Å². The molecule has 2 rings (SSSR count). The third-order valence-electron chi connectivity index (χ3n) is 5.68. The molecular formula is C19H38N2. The van der Waals surface area contributed by atoms with Crippen LogP contribution in [0, 0.1) is 11.8 Å². The first-order chi connectivity index (χ1) is 10.1. The molecule has 0 aromatic heterocycles. The molecule has 21 heavy (non-hydrogen) atoms. The summed E-state index contributed by atoms with van der Waals surface area (Å²) in [5, 5.41) is 3.84. The second-order valence-corrected chi connectivity index (χ2v) is 8.07. The molecule has 2 fully saturated rings. The summed E-state index contributed by atoms with van der Waals surface area (Å²) in [4.78, 5) is 2.80. The lowest BCUT2D eigenvalue weighted by Gasteiger charge is -2.32. The molecule has 2 saturated carbocycles. The normalized spacial score (nSPS) is 27.9. The first kappa shape index (κ1) is 17.3. The smallest absolute Gasteiger partial charge is 0.0110 e. The van der Waals surface area contributed by atoms with Crippen LogP contribution < -0.4 is 5.32 Å². The zero-order valence-corrected chi connectivity index (χ0v) is 14.7. The topological polar surface area (TPSA) is 15.3 Å². The molecule has 0 atom stereocenters. The second-order valence-electron chi connectivity index (χ2n) is 8.07. The van der Waals surface area contributed by atoms with Crippen LogP contribution in [0.1, 0.15) is 78.6 Å². The van der Waals surface area contributed by atoms with Gasteiger partial charge in [-0.3, -0.25) is 4.90 Å². The van der Waals surface area contributed by atoms with Crippen molar-refractivity contribution in [3.8, 4) is 0 Å². The fraction of sp³-hybridized carbons (Fsp3) is 1.00. The van der Waals surface area contributed by atoms with Gasteiger partial charge in [0.15, 0.2) is 0 Å². The zero-order chi connectivity index (χ0) is 15.1. The monoisotopic (exact) mass is 294 g/mol. The van der Waals surface area contributed by atoms with Gasteiger partial charge in [-0.15, -0.1) is 0 Å². The van der Waals surface area contributed by atoms with E-state index < -0.39 is 0 Å². The Balaban J connectivity index is 1.68. The number of nitrogens with zero attached hydrogens (tertiary/aromatic N) is 1. The third kappa shape index (κ3) is 6.28. The Morgan fingerprint density at radius 2 is 1.62 bits per heavy atom. The van der Waals surface area contributed by atoms with E-state index in [-0.39, 0.29) is 0 Å². The summed E-state index contributed by atoms with van der Waals surface area (Å²) in [6.45, 7) is 10.9. The Labute approximate surface area is 133 Å². The van der Waals surface area contributed by atoms with Crippen LogP contribution in [0.25, 0.3) is 0 Å². The lowest BCUT2D eigenvalue weighted by Crippen LogP contribution is -2.42. The Morgan fingerprint density at radius 1 is 0.952 bits per heavy atom. The van der Waals surface area contributed by atoms with Gasteiger partial charge in [-0.2, -0.15) is 0 Å². The van der Waals surface area contributed by atoms with Crippen molar-refractivity contribution < 1.29 is 0 Å². The van der Waals surface area contributed by atoms with Gasteiger partial charge >= 0.3 is 0 Å². The fourth-order valence-corrected chi connectivity index (χ4v) is 4.05. The summed E-state index contributed by atoms with van der Waals surface area (Å²) >= 11 is 0. The predicted molar refractivity (Wildman–Crippen MR) is 92.7 cm³/mol. The minimum absolute atomic E-state index is 0.803. The van der Waals surface area contributed by atoms with Crippen molar-refractivity contribution in [3.05, 3.63) is 0 Å². The summed E-state index contributed by atoms with van der Waals surface area (Å²) in [7, 11) is 0. The molecule has 2 heteroatoms. The van der Waals surface area contributed by atoms with Crippen LogP contribution in [0.5, 0.6) is 0 Å². The summed E-state index contributed by atoms with van der Waals surface area (Å²) in [5.41, 5.74) is 0. The van der Waals surface area contributed by atoms with Crippen molar-refractivity contribution in [2.24, 2.45) is 11.8 Å². The first-order valence-corrected chi connectivity index (χ1v) is 9.62. The summed E-state index contributed by atoms with van der Waals surface area (Å²) in [5.74, 6) is 1.80. The molecule has 2 aliphatic carbocycles. The van der Waals surface area contributed by atoms with E-state index in [0.29, 0.717) is 0 Å². The number of nitrogens with one attached hydrogen (secondary N) is 1. The number of hydrogen-bond donors (Lipinski definition) is 1. The van der Waals surface area contributed by atoms with Gasteiger partial charge in [-0.1, -0.05) is 33.6 Å². The van der Waals surface area contributed by atoms with Crippen LogP contribution >= 0.6 is 0 Å². The predicted octanol–water partition coefficient (Wildman–Crippen LogP) is 4.45. The second kappa shape index (κ2) is 9.15. The van der Waals surface area contributed by atoms with Gasteiger partial charge in [0.05, 0.1) is 0 Å². The Morgan fingerprint density at radius 3 is 2.24 bits per heavy atom. The van der Waals surface area contributed by atoms with Gasteiger partial charge in [0.25, 0.3) is 0 Å². The molecule has 0 aromatic carbocycles. The van der Waals surface area contributed by atoms with E-state index in [2.05, 4.69) is 31.0 Å². The number of rotatable bonds is 8. The van der Waals surface area contributed by atoms with Gasteiger partial charge < -0.3 is 5.32 Å². The van der Waals surface area contributed by atoms with Crippen molar-refractivity contribution in [1.82, 2.24) is 10.2 Å². The molecule has 0 heterocycles. The molecule has 1 N–H and O–H groups in total. The fourth-order valence-electron chi connectivity index (χ4n) is 4.05. The van der Waals surface area contributed by atoms with E-state index in [0.717, 1.165) is 23.9 Å². The molecule has 0 unspecified atom stereocenters. The Hall–Kier alpha value is -0.0800. The van der Waals surface area contributed by atoms with Crippen LogP contribution in [-0.4, -0.2) is 36.6 Å². The van der Waals surface area contributed by atoms with Crippen LogP contribution in [0.4, 0.5) is 0 Å². The van der Waals surface area contributed by atoms with Gasteiger partial charge in [0, 0.05) is 25.2 Å². The van der Waals surface area contributed by atoms with Crippen molar-refractivity contribution in [2.45, 2.75) is 90.6 Å². The summed E-state index contributed by atoms with van der Waals surface area (Å²) < 4.78 is 0. The van der Waals surface area contributed by atoms with Gasteiger partial charge in [0.2, 0.25) is 0 Å². The van der Waals surface area contributed by atoms with Crippen LogP contribution in [-0.2, 0) is 0 Å². The highest BCUT2D eigenvalue weighted by atomic mass is 15.2. The van der Waals surface area contributed by atoms with Crippen molar-refractivity contribution in [2.75, 3.05) is 19.6 Å². The maximum absolute atomic E-state index is 3.84. The highest BCUT2D eigenvalue weighted by Gasteiger charge is 2.23. The van der Waals surface area contributed by atoms with Crippen LogP contribution in [0.15, 0.2) is 0 Å². The van der Waals surface area contributed by atoms with Crippen molar-refractivity contribution >= 4 is 0 Å². The highest BCUT2D eigenvalue weighted by Crippen LogP contribution is 2.25. The molecule has 0 aliphatic heterocycles. The molecular weight excluding hydrogens is 256 g/mol. The Kier molecular flexibility index (Phi) is 7.53. The molecule has 0 amide bonds. The van der Waals surface area contributed by atoms with Gasteiger partial charge in [-0.05, 0) is 63.3 Å².